The average Bonchev–Trinajstić information content (AvgIpc) is 2.54. The molecule has 0 aliphatic carbocycles. The van der Waals surface area contributed by atoms with Crippen LogP contribution in [0, 0.1) is 5.41 Å². The van der Waals surface area contributed by atoms with Gasteiger partial charge < -0.3 is 50.6 Å². The smallest absolute Gasteiger partial charge is 0.470 e. The summed E-state index contributed by atoms with van der Waals surface area (Å²) in [5, 5.41) is 42.6. The Morgan fingerprint density at radius 3 is 1.83 bits per heavy atom. The Morgan fingerprint density at radius 1 is 1.07 bits per heavy atom. The van der Waals surface area contributed by atoms with Crippen LogP contribution in [0.1, 0.15) is 0 Å². The number of nitrogens with zero attached hydrogens (tertiary/aromatic N) is 1. The van der Waals surface area contributed by atoms with E-state index in [4.69, 9.17) is 35.8 Å². The number of carbonyl (C=O) groups excluding carboxylic acids is 1. The lowest BCUT2D eigenvalue weighted by atomic mass is 10.1. The summed E-state index contributed by atoms with van der Waals surface area (Å²) in [6, 6.07) is 0. The van der Waals surface area contributed by atoms with Crippen LogP contribution in [0.25, 0.3) is 0 Å². The lowest BCUT2D eigenvalue weighted by molar-refractivity contribution is -0.142. The maximum Gasteiger partial charge on any atom is 0.470 e. The molecule has 0 heterocycles. The number of likely N-dealkylation sites (N-methyl/N-ethyl adjacent to an activating group) is 1. The molecular weight excluding hydrogens is 448 g/mol. The Bertz CT molecular complexity index is 648. The number of aliphatic hydroxyl groups is 3. The molecule has 0 bridgehead atoms. The number of hydrogen-bond acceptors (Lipinski definition) is 10. The topological polar surface area (TPSA) is 302 Å². The molecular formula is C10H23N3O14P2. The predicted molar refractivity (Wildman–Crippen MR) is 91.2 cm³/mol. The van der Waals surface area contributed by atoms with E-state index in [1.165, 1.54) is 7.05 Å². The second-order valence-corrected chi connectivity index (χ2v) is 7.63. The molecule has 0 saturated carbocycles. The number of ketones is 1. The number of carboxylic acid groups (broad SMARTS) is 1. The predicted octanol–water partition coefficient (Wildman–Crippen LogP) is -4.25. The Labute approximate surface area is 163 Å². The largest absolute Gasteiger partial charge is 0.480 e. The fraction of sp³-hybridized carbons (Fsp3) is 0.700. The van der Waals surface area contributed by atoms with Gasteiger partial charge in [0.05, 0.1) is 6.61 Å². The molecule has 29 heavy (non-hydrogen) atoms. The molecule has 0 aromatic rings. The first kappa shape index (κ1) is 29.7. The zero-order chi connectivity index (χ0) is 23.6. The van der Waals surface area contributed by atoms with Crippen molar-refractivity contribution in [3.05, 3.63) is 0 Å². The quantitative estimate of drug-likeness (QED) is 0.0774. The van der Waals surface area contributed by atoms with Crippen LogP contribution in [0.5, 0.6) is 0 Å². The summed E-state index contributed by atoms with van der Waals surface area (Å²) in [6.45, 7) is -2.56. The van der Waals surface area contributed by atoms with E-state index in [-0.39, 0.29) is 12.5 Å². The first-order chi connectivity index (χ1) is 12.9. The van der Waals surface area contributed by atoms with Crippen molar-refractivity contribution in [2.45, 2.75) is 18.3 Å². The highest BCUT2D eigenvalue weighted by Crippen LogP contribution is 2.36. The summed E-state index contributed by atoms with van der Waals surface area (Å²) in [4.78, 5) is 55.5. The summed E-state index contributed by atoms with van der Waals surface area (Å²) in [5.74, 6) is -2.60. The van der Waals surface area contributed by atoms with Gasteiger partial charge in [-0.3, -0.25) is 24.0 Å². The van der Waals surface area contributed by atoms with Crippen LogP contribution in [-0.2, 0) is 27.8 Å². The van der Waals surface area contributed by atoms with Crippen molar-refractivity contribution in [3.8, 4) is 0 Å². The number of guanidine groups is 1. The van der Waals surface area contributed by atoms with E-state index >= 15 is 0 Å². The number of nitrogens with two attached hydrogens (primary N) is 1. The number of Topliss-reactive ketones (excluding diaryl/α,β-unsaturated/α-hetero) is 1. The normalized spacial score (nSPS) is 14.8. The Balaban J connectivity index is 0. The lowest BCUT2D eigenvalue weighted by Crippen LogP contribution is -2.45. The summed E-state index contributed by atoms with van der Waals surface area (Å²) in [6.07, 6.45) is -6.53. The van der Waals surface area contributed by atoms with Crippen LogP contribution in [0.3, 0.4) is 0 Å². The van der Waals surface area contributed by atoms with Crippen molar-refractivity contribution in [2.24, 2.45) is 5.73 Å². The van der Waals surface area contributed by atoms with Gasteiger partial charge in [0.25, 0.3) is 0 Å². The van der Waals surface area contributed by atoms with E-state index in [1.54, 1.807) is 0 Å². The first-order valence-corrected chi connectivity index (χ1v) is 10.2. The molecule has 0 aliphatic rings. The number of aliphatic hydroxyl groups excluding tert-OH is 3. The van der Waals surface area contributed by atoms with Crippen LogP contribution in [0.15, 0.2) is 0 Å². The first-order valence-electron chi connectivity index (χ1n) is 7.11. The Kier molecular flexibility index (Phi) is 13.3. The SMILES string of the molecule is CN(CC(=O)O)C(=N)N.O=C(COP(=O)(O)O)[C@@H](O)[C@H](O)[C@H](O)COP(=O)(O)O. The maximum absolute atomic E-state index is 11.2. The van der Waals surface area contributed by atoms with Crippen molar-refractivity contribution in [1.29, 1.82) is 5.41 Å². The standard InChI is InChI=1S/C6H14O12P2.C4H9N3O2/c7-3(1-17-19(11,12)13)5(9)6(10)4(8)2-18-20(14,15)16;1-7(4(5)6)2-3(8)9/h3,5-7,9-10H,1-2H2,(H2,11,12,13)(H2,14,15,16);2H2,1H3,(H3,5,6)(H,8,9)/t3-,5-,6-;/m1./s1. The van der Waals surface area contributed by atoms with Crippen molar-refractivity contribution >= 4 is 33.4 Å². The minimum atomic E-state index is -4.95. The van der Waals surface area contributed by atoms with Crippen LogP contribution in [0.4, 0.5) is 0 Å². The highest BCUT2D eigenvalue weighted by Gasteiger charge is 2.32. The molecule has 0 radical (unpaired) electrons. The second kappa shape index (κ2) is 12.9. The van der Waals surface area contributed by atoms with Gasteiger partial charge in [0.1, 0.15) is 31.5 Å². The third-order valence-corrected chi connectivity index (χ3v) is 3.57. The van der Waals surface area contributed by atoms with Crippen molar-refractivity contribution in [3.63, 3.8) is 0 Å². The fourth-order valence-corrected chi connectivity index (χ4v) is 1.84. The molecule has 0 amide bonds. The molecule has 0 saturated heterocycles. The van der Waals surface area contributed by atoms with E-state index in [0.717, 1.165) is 4.90 Å². The van der Waals surface area contributed by atoms with Crippen LogP contribution < -0.4 is 5.73 Å². The number of phosphoric ester groups is 2. The zero-order valence-electron chi connectivity index (χ0n) is 14.8. The molecule has 0 unspecified atom stereocenters. The number of hydrogen-bond donors (Lipinski definition) is 10. The van der Waals surface area contributed by atoms with Crippen molar-refractivity contribution in [1.82, 2.24) is 4.90 Å². The maximum atomic E-state index is 11.2. The van der Waals surface area contributed by atoms with Gasteiger partial charge in [0, 0.05) is 7.05 Å². The number of carboxylic acids is 1. The zero-order valence-corrected chi connectivity index (χ0v) is 16.6. The van der Waals surface area contributed by atoms with Crippen LogP contribution >= 0.6 is 15.6 Å². The molecule has 0 aliphatic heterocycles. The van der Waals surface area contributed by atoms with E-state index in [1.807, 2.05) is 0 Å². The van der Waals surface area contributed by atoms with Gasteiger partial charge >= 0.3 is 21.6 Å². The highest BCUT2D eigenvalue weighted by atomic mass is 31.2. The van der Waals surface area contributed by atoms with Gasteiger partial charge in [0.15, 0.2) is 11.7 Å². The molecule has 0 rings (SSSR count). The number of phosphoric acid groups is 2. The second-order valence-electron chi connectivity index (χ2n) is 5.15. The molecule has 0 fully saturated rings. The van der Waals surface area contributed by atoms with E-state index in [9.17, 15) is 34.0 Å². The van der Waals surface area contributed by atoms with Crippen LogP contribution in [0.2, 0.25) is 0 Å². The van der Waals surface area contributed by atoms with Gasteiger partial charge in [-0.05, 0) is 0 Å². The Morgan fingerprint density at radius 2 is 1.52 bits per heavy atom. The highest BCUT2D eigenvalue weighted by molar-refractivity contribution is 7.46. The van der Waals surface area contributed by atoms with Gasteiger partial charge in [-0.15, -0.1) is 0 Å². The third-order valence-electron chi connectivity index (χ3n) is 2.62. The summed E-state index contributed by atoms with van der Waals surface area (Å²) < 4.78 is 28.2. The van der Waals surface area contributed by atoms with Crippen LogP contribution in [-0.4, -0.2) is 108 Å². The Hall–Kier alpha value is -1.49. The summed E-state index contributed by atoms with van der Waals surface area (Å²) in [5.41, 5.74) is 4.93. The molecule has 3 atom stereocenters. The molecule has 0 spiro atoms. The molecule has 0 aromatic carbocycles. The molecule has 17 nitrogen and oxygen atoms in total. The van der Waals surface area contributed by atoms with E-state index in [0.29, 0.717) is 0 Å². The minimum absolute atomic E-state index is 0.227. The number of rotatable bonds is 11. The fourth-order valence-electron chi connectivity index (χ4n) is 1.19. The monoisotopic (exact) mass is 471 g/mol. The molecule has 19 heteroatoms. The van der Waals surface area contributed by atoms with Gasteiger partial charge in [-0.2, -0.15) is 0 Å². The third kappa shape index (κ3) is 17.1. The van der Waals surface area contributed by atoms with E-state index in [2.05, 4.69) is 9.05 Å². The minimum Gasteiger partial charge on any atom is -0.480 e. The molecule has 0 aromatic heterocycles. The molecule has 11 N–H and O–H groups in total. The number of aliphatic carboxylic acids is 1. The van der Waals surface area contributed by atoms with Crippen molar-refractivity contribution in [2.75, 3.05) is 26.8 Å². The molecule has 172 valence electrons. The lowest BCUT2D eigenvalue weighted by Gasteiger charge is -2.22. The summed E-state index contributed by atoms with van der Waals surface area (Å²) >= 11 is 0. The van der Waals surface area contributed by atoms with Gasteiger partial charge in [-0.1, -0.05) is 0 Å². The number of nitrogens with one attached hydrogen (secondary N) is 1. The van der Waals surface area contributed by atoms with Gasteiger partial charge in [0.2, 0.25) is 0 Å². The van der Waals surface area contributed by atoms with Crippen molar-refractivity contribution < 1.29 is 67.8 Å². The summed E-state index contributed by atoms with van der Waals surface area (Å²) in [7, 11) is -8.42. The number of carbonyl (C=O) groups is 2. The average molecular weight is 471 g/mol. The van der Waals surface area contributed by atoms with Gasteiger partial charge in [-0.25, -0.2) is 9.13 Å². The van der Waals surface area contributed by atoms with E-state index < -0.39 is 58.9 Å².